The van der Waals surface area contributed by atoms with Gasteiger partial charge in [0.05, 0.1) is 6.04 Å². The van der Waals surface area contributed by atoms with Crippen LogP contribution in [0, 0.1) is 5.82 Å². The fourth-order valence-electron chi connectivity index (χ4n) is 2.48. The van der Waals surface area contributed by atoms with E-state index in [4.69, 9.17) is 5.73 Å². The maximum absolute atomic E-state index is 14.0. The first kappa shape index (κ1) is 16.1. The third-order valence-corrected chi connectivity index (χ3v) is 3.69. The van der Waals surface area contributed by atoms with Crippen molar-refractivity contribution in [3.63, 3.8) is 0 Å². The summed E-state index contributed by atoms with van der Waals surface area (Å²) < 4.78 is 14.0. The highest BCUT2D eigenvalue weighted by molar-refractivity contribution is 5.22. The summed E-state index contributed by atoms with van der Waals surface area (Å²) in [5.41, 5.74) is 6.93. The molecule has 3 heteroatoms. The molecule has 0 aliphatic heterocycles. The largest absolute Gasteiger partial charge is 0.326 e. The van der Waals surface area contributed by atoms with Crippen molar-refractivity contribution in [3.05, 3.63) is 35.6 Å². The summed E-state index contributed by atoms with van der Waals surface area (Å²) in [6.07, 6.45) is 4.37. The first-order valence-electron chi connectivity index (χ1n) is 7.32. The summed E-state index contributed by atoms with van der Waals surface area (Å²) in [6, 6.07) is 6.90. The quantitative estimate of drug-likeness (QED) is 0.726. The van der Waals surface area contributed by atoms with Gasteiger partial charge < -0.3 is 5.73 Å². The molecule has 108 valence electrons. The standard InChI is InChI=1S/C16H27FN2/c1-4-6-9-12-19(3)16(15(18)5-2)13-10-7-8-11-14(13)17/h7-8,10-11,15-16H,4-6,9,12,18H2,1-3H3. The Balaban J connectivity index is 2.86. The van der Waals surface area contributed by atoms with E-state index in [9.17, 15) is 4.39 Å². The van der Waals surface area contributed by atoms with E-state index in [1.54, 1.807) is 6.07 Å². The van der Waals surface area contributed by atoms with Gasteiger partial charge in [-0.25, -0.2) is 4.39 Å². The molecule has 0 aromatic heterocycles. The molecule has 0 aliphatic carbocycles. The van der Waals surface area contributed by atoms with Crippen LogP contribution in [-0.4, -0.2) is 24.5 Å². The number of rotatable bonds is 8. The molecule has 0 radical (unpaired) electrons. The molecular weight excluding hydrogens is 239 g/mol. The second-order valence-corrected chi connectivity index (χ2v) is 5.23. The van der Waals surface area contributed by atoms with Gasteiger partial charge in [0, 0.05) is 11.6 Å². The van der Waals surface area contributed by atoms with E-state index in [2.05, 4.69) is 18.7 Å². The third-order valence-electron chi connectivity index (χ3n) is 3.69. The second kappa shape index (κ2) is 8.28. The summed E-state index contributed by atoms with van der Waals surface area (Å²) in [6.45, 7) is 5.20. The number of nitrogens with zero attached hydrogens (tertiary/aromatic N) is 1. The van der Waals surface area contributed by atoms with Crippen molar-refractivity contribution in [1.29, 1.82) is 0 Å². The number of hydrogen-bond acceptors (Lipinski definition) is 2. The van der Waals surface area contributed by atoms with Crippen molar-refractivity contribution < 1.29 is 4.39 Å². The predicted molar refractivity (Wildman–Crippen MR) is 79.6 cm³/mol. The zero-order valence-electron chi connectivity index (χ0n) is 12.4. The van der Waals surface area contributed by atoms with Gasteiger partial charge in [0.15, 0.2) is 0 Å². The van der Waals surface area contributed by atoms with Crippen LogP contribution < -0.4 is 5.73 Å². The Kier molecular flexibility index (Phi) is 7.03. The number of unbranched alkanes of at least 4 members (excludes halogenated alkanes) is 2. The maximum Gasteiger partial charge on any atom is 0.128 e. The fraction of sp³-hybridized carbons (Fsp3) is 0.625. The first-order chi connectivity index (χ1) is 9.11. The van der Waals surface area contributed by atoms with Gasteiger partial charge >= 0.3 is 0 Å². The van der Waals surface area contributed by atoms with Crippen molar-refractivity contribution >= 4 is 0 Å². The lowest BCUT2D eigenvalue weighted by Gasteiger charge is -2.33. The van der Waals surface area contributed by atoms with E-state index in [1.165, 1.54) is 18.9 Å². The third kappa shape index (κ3) is 4.59. The van der Waals surface area contributed by atoms with E-state index in [0.717, 1.165) is 24.9 Å². The van der Waals surface area contributed by atoms with Crippen LogP contribution in [0.5, 0.6) is 0 Å². The molecule has 2 nitrogen and oxygen atoms in total. The molecule has 1 aromatic carbocycles. The highest BCUT2D eigenvalue weighted by Gasteiger charge is 2.25. The zero-order valence-corrected chi connectivity index (χ0v) is 12.4. The number of halogens is 1. The molecule has 0 heterocycles. The molecule has 0 saturated carbocycles. The summed E-state index contributed by atoms with van der Waals surface area (Å²) >= 11 is 0. The van der Waals surface area contributed by atoms with Crippen molar-refractivity contribution in [3.8, 4) is 0 Å². The molecule has 0 aliphatic rings. The van der Waals surface area contributed by atoms with E-state index in [0.29, 0.717) is 0 Å². The SMILES string of the molecule is CCCCCN(C)C(c1ccccc1F)C(N)CC. The van der Waals surface area contributed by atoms with Crippen LogP contribution in [0.25, 0.3) is 0 Å². The van der Waals surface area contributed by atoms with E-state index < -0.39 is 0 Å². The lowest BCUT2D eigenvalue weighted by molar-refractivity contribution is 0.201. The molecule has 0 fully saturated rings. The van der Waals surface area contributed by atoms with Gasteiger partial charge in [-0.05, 0) is 32.5 Å². The smallest absolute Gasteiger partial charge is 0.128 e. The second-order valence-electron chi connectivity index (χ2n) is 5.23. The molecule has 0 spiro atoms. The lowest BCUT2D eigenvalue weighted by Crippen LogP contribution is -2.39. The number of hydrogen-bond donors (Lipinski definition) is 1. The minimum absolute atomic E-state index is 0.0384. The monoisotopic (exact) mass is 266 g/mol. The van der Waals surface area contributed by atoms with Crippen LogP contribution in [0.3, 0.4) is 0 Å². The molecule has 1 rings (SSSR count). The van der Waals surface area contributed by atoms with Gasteiger partial charge in [-0.15, -0.1) is 0 Å². The molecule has 1 aromatic rings. The van der Waals surface area contributed by atoms with Crippen molar-refractivity contribution in [1.82, 2.24) is 4.90 Å². The fourth-order valence-corrected chi connectivity index (χ4v) is 2.48. The highest BCUT2D eigenvalue weighted by Crippen LogP contribution is 2.26. The molecule has 0 saturated heterocycles. The Morgan fingerprint density at radius 1 is 1.21 bits per heavy atom. The molecule has 0 amide bonds. The van der Waals surface area contributed by atoms with Gasteiger partial charge in [-0.1, -0.05) is 44.9 Å². The number of benzene rings is 1. The van der Waals surface area contributed by atoms with Gasteiger partial charge in [-0.2, -0.15) is 0 Å². The molecular formula is C16H27FN2. The minimum atomic E-state index is -0.154. The first-order valence-corrected chi connectivity index (χ1v) is 7.32. The lowest BCUT2D eigenvalue weighted by atomic mass is 9.96. The number of nitrogens with two attached hydrogens (primary N) is 1. The van der Waals surface area contributed by atoms with Crippen LogP contribution in [0.1, 0.15) is 51.1 Å². The van der Waals surface area contributed by atoms with Gasteiger partial charge in [0.1, 0.15) is 5.82 Å². The average molecular weight is 266 g/mol. The Hall–Kier alpha value is -0.930. The van der Waals surface area contributed by atoms with Crippen LogP contribution >= 0.6 is 0 Å². The van der Waals surface area contributed by atoms with Crippen molar-refractivity contribution in [2.75, 3.05) is 13.6 Å². The van der Waals surface area contributed by atoms with Crippen LogP contribution in [0.4, 0.5) is 4.39 Å². The Morgan fingerprint density at radius 2 is 1.89 bits per heavy atom. The van der Waals surface area contributed by atoms with Gasteiger partial charge in [0.25, 0.3) is 0 Å². The summed E-state index contributed by atoms with van der Waals surface area (Å²) in [4.78, 5) is 2.20. The van der Waals surface area contributed by atoms with Crippen LogP contribution in [-0.2, 0) is 0 Å². The molecule has 2 N–H and O–H groups in total. The van der Waals surface area contributed by atoms with Gasteiger partial charge in [0.2, 0.25) is 0 Å². The minimum Gasteiger partial charge on any atom is -0.326 e. The predicted octanol–water partition coefficient (Wildman–Crippen LogP) is 3.73. The average Bonchev–Trinajstić information content (AvgIpc) is 2.41. The zero-order chi connectivity index (χ0) is 14.3. The highest BCUT2D eigenvalue weighted by atomic mass is 19.1. The van der Waals surface area contributed by atoms with Gasteiger partial charge in [-0.3, -0.25) is 4.90 Å². The number of likely N-dealkylation sites (N-methyl/N-ethyl adjacent to an activating group) is 1. The topological polar surface area (TPSA) is 29.3 Å². The summed E-state index contributed by atoms with van der Waals surface area (Å²) in [5, 5.41) is 0. The Bertz CT molecular complexity index is 368. The van der Waals surface area contributed by atoms with Crippen LogP contribution in [0.2, 0.25) is 0 Å². The van der Waals surface area contributed by atoms with Crippen LogP contribution in [0.15, 0.2) is 24.3 Å². The van der Waals surface area contributed by atoms with E-state index in [1.807, 2.05) is 19.2 Å². The van der Waals surface area contributed by atoms with Crippen molar-refractivity contribution in [2.24, 2.45) is 5.73 Å². The maximum atomic E-state index is 14.0. The Labute approximate surface area is 116 Å². The Morgan fingerprint density at radius 3 is 2.47 bits per heavy atom. The molecule has 2 unspecified atom stereocenters. The molecule has 0 bridgehead atoms. The summed E-state index contributed by atoms with van der Waals surface area (Å²) in [5.74, 6) is -0.154. The normalized spacial score (nSPS) is 14.6. The molecule has 2 atom stereocenters. The van der Waals surface area contributed by atoms with Crippen molar-refractivity contribution in [2.45, 2.75) is 51.6 Å². The summed E-state index contributed by atoms with van der Waals surface area (Å²) in [7, 11) is 2.04. The van der Waals surface area contributed by atoms with E-state index in [-0.39, 0.29) is 17.9 Å². The molecule has 19 heavy (non-hydrogen) atoms. The van der Waals surface area contributed by atoms with E-state index >= 15 is 0 Å².